The Morgan fingerprint density at radius 2 is 1.92 bits per heavy atom. The fourth-order valence-electron chi connectivity index (χ4n) is 4.80. The van der Waals surface area contributed by atoms with Gasteiger partial charge in [-0.3, -0.25) is 9.52 Å². The molecule has 1 saturated heterocycles. The molecule has 204 valence electrons. The van der Waals surface area contributed by atoms with Gasteiger partial charge >= 0.3 is 0 Å². The molecule has 0 unspecified atom stereocenters. The first-order valence-corrected chi connectivity index (χ1v) is 14.4. The quantitative estimate of drug-likeness (QED) is 0.403. The fourth-order valence-corrected chi connectivity index (χ4v) is 5.35. The first-order chi connectivity index (χ1) is 17.6. The first kappa shape index (κ1) is 28.7. The summed E-state index contributed by atoms with van der Waals surface area (Å²) in [5.74, 6) is 1.03. The molecular formula is C27H39N3O6S. The number of anilines is 1. The molecule has 37 heavy (non-hydrogen) atoms. The topological polar surface area (TPSA) is 106 Å². The van der Waals surface area contributed by atoms with Crippen molar-refractivity contribution in [2.45, 2.75) is 44.7 Å². The minimum Gasteiger partial charge on any atom is -0.493 e. The summed E-state index contributed by atoms with van der Waals surface area (Å²) >= 11 is 0. The van der Waals surface area contributed by atoms with Crippen LogP contribution in [0.25, 0.3) is 0 Å². The molecule has 0 spiro atoms. The summed E-state index contributed by atoms with van der Waals surface area (Å²) in [5.41, 5.74) is 2.04. The van der Waals surface area contributed by atoms with Crippen LogP contribution in [0.2, 0.25) is 0 Å². The predicted octanol–water partition coefficient (Wildman–Crippen LogP) is 3.48. The van der Waals surface area contributed by atoms with E-state index in [1.165, 1.54) is 0 Å². The lowest BCUT2D eigenvalue weighted by molar-refractivity contribution is 0.0537. The summed E-state index contributed by atoms with van der Waals surface area (Å²) in [4.78, 5) is 15.9. The maximum atomic E-state index is 13.9. The van der Waals surface area contributed by atoms with Crippen LogP contribution in [-0.2, 0) is 14.8 Å². The van der Waals surface area contributed by atoms with Crippen molar-refractivity contribution in [2.24, 2.45) is 0 Å². The highest BCUT2D eigenvalue weighted by atomic mass is 32.2. The second kappa shape index (κ2) is 13.1. The van der Waals surface area contributed by atoms with Crippen LogP contribution in [0.3, 0.4) is 0 Å². The van der Waals surface area contributed by atoms with Crippen molar-refractivity contribution in [3.8, 4) is 11.5 Å². The molecule has 0 aromatic heterocycles. The number of nitrogens with zero attached hydrogens (tertiary/aromatic N) is 1. The average molecular weight is 534 g/mol. The summed E-state index contributed by atoms with van der Waals surface area (Å²) < 4.78 is 42.5. The van der Waals surface area contributed by atoms with Gasteiger partial charge < -0.3 is 24.4 Å². The van der Waals surface area contributed by atoms with Crippen LogP contribution in [0.5, 0.6) is 11.5 Å². The van der Waals surface area contributed by atoms with Gasteiger partial charge in [0.15, 0.2) is 11.5 Å². The summed E-state index contributed by atoms with van der Waals surface area (Å²) in [7, 11) is -0.175. The molecule has 3 rings (SSSR count). The predicted molar refractivity (Wildman–Crippen MR) is 145 cm³/mol. The van der Waals surface area contributed by atoms with Crippen LogP contribution < -0.4 is 19.5 Å². The van der Waals surface area contributed by atoms with Crippen molar-refractivity contribution in [3.05, 3.63) is 53.6 Å². The smallest absolute Gasteiger partial charge is 0.254 e. The Balaban J connectivity index is 1.90. The Hall–Kier alpha value is -2.82. The van der Waals surface area contributed by atoms with Gasteiger partial charge in [-0.2, -0.15) is 0 Å². The summed E-state index contributed by atoms with van der Waals surface area (Å²) in [6.07, 6.45) is 2.68. The van der Waals surface area contributed by atoms with E-state index in [9.17, 15) is 13.2 Å². The van der Waals surface area contributed by atoms with Crippen molar-refractivity contribution in [3.63, 3.8) is 0 Å². The van der Waals surface area contributed by atoms with E-state index in [2.05, 4.69) is 10.0 Å². The van der Waals surface area contributed by atoms with Gasteiger partial charge in [0.05, 0.1) is 26.0 Å². The molecule has 0 aliphatic carbocycles. The molecule has 1 aliphatic rings. The van der Waals surface area contributed by atoms with Gasteiger partial charge in [0, 0.05) is 49.9 Å². The molecule has 1 heterocycles. The minimum atomic E-state index is -3.39. The minimum absolute atomic E-state index is 0.0388. The SMILES string of the molecule is COCCCOc1cc(C(=O)N(C(C)C)[C@H]2CNCC[C@@H]2c2cccc(NS(C)(=O)=O)c2)ccc1OC. The number of hydrogen-bond acceptors (Lipinski definition) is 7. The van der Waals surface area contributed by atoms with Gasteiger partial charge in [-0.05, 0) is 62.7 Å². The van der Waals surface area contributed by atoms with E-state index in [4.69, 9.17) is 14.2 Å². The Morgan fingerprint density at radius 3 is 2.59 bits per heavy atom. The van der Waals surface area contributed by atoms with E-state index in [0.717, 1.165) is 31.2 Å². The third kappa shape index (κ3) is 7.83. The van der Waals surface area contributed by atoms with E-state index in [1.807, 2.05) is 36.9 Å². The van der Waals surface area contributed by atoms with Crippen LogP contribution in [0, 0.1) is 0 Å². The lowest BCUT2D eigenvalue weighted by Crippen LogP contribution is -2.55. The first-order valence-electron chi connectivity index (χ1n) is 12.6. The van der Waals surface area contributed by atoms with Crippen LogP contribution in [0.4, 0.5) is 5.69 Å². The van der Waals surface area contributed by atoms with E-state index in [0.29, 0.717) is 42.5 Å². The number of methoxy groups -OCH3 is 2. The highest BCUT2D eigenvalue weighted by Crippen LogP contribution is 2.34. The summed E-state index contributed by atoms with van der Waals surface area (Å²) in [6.45, 7) is 6.50. The number of hydrogen-bond donors (Lipinski definition) is 2. The van der Waals surface area contributed by atoms with E-state index < -0.39 is 10.0 Å². The summed E-state index contributed by atoms with van der Waals surface area (Å²) in [5, 5.41) is 3.44. The zero-order valence-electron chi connectivity index (χ0n) is 22.3. The number of sulfonamides is 1. The van der Waals surface area contributed by atoms with Gasteiger partial charge in [-0.25, -0.2) is 8.42 Å². The van der Waals surface area contributed by atoms with Crippen LogP contribution in [-0.4, -0.2) is 78.1 Å². The molecule has 2 N–H and O–H groups in total. The average Bonchev–Trinajstić information content (AvgIpc) is 2.86. The lowest BCUT2D eigenvalue weighted by atomic mass is 9.84. The number of piperidine rings is 1. The zero-order valence-corrected chi connectivity index (χ0v) is 23.1. The fraction of sp³-hybridized carbons (Fsp3) is 0.519. The monoisotopic (exact) mass is 533 g/mol. The molecule has 1 fully saturated rings. The highest BCUT2D eigenvalue weighted by Gasteiger charge is 2.36. The molecular weight excluding hydrogens is 494 g/mol. The van der Waals surface area contributed by atoms with Gasteiger partial charge in [0.25, 0.3) is 5.91 Å². The molecule has 2 aromatic rings. The maximum Gasteiger partial charge on any atom is 0.254 e. The zero-order chi connectivity index (χ0) is 27.0. The van der Waals surface area contributed by atoms with Crippen molar-refractivity contribution >= 4 is 21.6 Å². The molecule has 1 amide bonds. The number of carbonyl (C=O) groups is 1. The van der Waals surface area contributed by atoms with E-state index >= 15 is 0 Å². The standard InChI is InChI=1S/C27H39N3O6S/c1-19(2)30(27(31)21-10-11-25(35-4)26(17-21)36-15-7-14-34-3)24-18-28-13-12-23(24)20-8-6-9-22(16-20)29-37(5,32)33/h6,8-11,16-17,19,23-24,28-29H,7,12-15,18H2,1-5H3/t23-,24+/m1/s1. The van der Waals surface area contributed by atoms with Crippen LogP contribution in [0.15, 0.2) is 42.5 Å². The Morgan fingerprint density at radius 1 is 1.14 bits per heavy atom. The third-order valence-corrected chi connectivity index (χ3v) is 6.98. The van der Waals surface area contributed by atoms with Crippen molar-refractivity contribution in [1.29, 1.82) is 0 Å². The lowest BCUT2D eigenvalue weighted by Gasteiger charge is -2.43. The maximum absolute atomic E-state index is 13.9. The number of benzene rings is 2. The Labute approximate surface area is 220 Å². The van der Waals surface area contributed by atoms with E-state index in [1.54, 1.807) is 38.5 Å². The Kier molecular flexibility index (Phi) is 10.2. The van der Waals surface area contributed by atoms with Crippen LogP contribution >= 0.6 is 0 Å². The van der Waals surface area contributed by atoms with Crippen molar-refractivity contribution in [2.75, 3.05) is 51.5 Å². The number of carbonyl (C=O) groups excluding carboxylic acids is 1. The van der Waals surface area contributed by atoms with Crippen LogP contribution in [0.1, 0.15) is 48.5 Å². The number of amides is 1. The molecule has 9 nitrogen and oxygen atoms in total. The van der Waals surface area contributed by atoms with Gasteiger partial charge in [0.1, 0.15) is 0 Å². The largest absolute Gasteiger partial charge is 0.493 e. The normalized spacial score (nSPS) is 17.9. The second-order valence-corrected chi connectivity index (χ2v) is 11.3. The Bertz CT molecular complexity index is 1150. The molecule has 2 atom stereocenters. The van der Waals surface area contributed by atoms with Crippen molar-refractivity contribution in [1.82, 2.24) is 10.2 Å². The molecule has 0 bridgehead atoms. The molecule has 1 aliphatic heterocycles. The summed E-state index contributed by atoms with van der Waals surface area (Å²) in [6, 6.07) is 12.5. The third-order valence-electron chi connectivity index (χ3n) is 6.38. The second-order valence-electron chi connectivity index (χ2n) is 9.53. The number of ether oxygens (including phenoxy) is 3. The van der Waals surface area contributed by atoms with Gasteiger partial charge in [0.2, 0.25) is 10.0 Å². The molecule has 2 aromatic carbocycles. The van der Waals surface area contributed by atoms with Gasteiger partial charge in [-0.1, -0.05) is 12.1 Å². The van der Waals surface area contributed by atoms with Crippen molar-refractivity contribution < 1.29 is 27.4 Å². The molecule has 0 radical (unpaired) electrons. The highest BCUT2D eigenvalue weighted by molar-refractivity contribution is 7.92. The van der Waals surface area contributed by atoms with Gasteiger partial charge in [-0.15, -0.1) is 0 Å². The molecule has 0 saturated carbocycles. The number of rotatable bonds is 12. The van der Waals surface area contributed by atoms with E-state index in [-0.39, 0.29) is 23.9 Å². The number of nitrogens with one attached hydrogen (secondary N) is 2. The molecule has 10 heteroatoms.